The van der Waals surface area contributed by atoms with Crippen molar-refractivity contribution >= 4 is 39.8 Å². The summed E-state index contributed by atoms with van der Waals surface area (Å²) in [5.74, 6) is -0.0996. The summed E-state index contributed by atoms with van der Waals surface area (Å²) < 4.78 is 0. The molecule has 0 radical (unpaired) electrons. The fourth-order valence-electron chi connectivity index (χ4n) is 2.16. The Bertz CT molecular complexity index is 809. The summed E-state index contributed by atoms with van der Waals surface area (Å²) >= 11 is 11.9. The van der Waals surface area contributed by atoms with Crippen molar-refractivity contribution < 1.29 is 4.79 Å². The van der Waals surface area contributed by atoms with Gasteiger partial charge in [-0.25, -0.2) is 0 Å². The van der Waals surface area contributed by atoms with Gasteiger partial charge >= 0.3 is 0 Å². The van der Waals surface area contributed by atoms with Gasteiger partial charge in [-0.1, -0.05) is 59.6 Å². The van der Waals surface area contributed by atoms with E-state index in [1.165, 1.54) is 0 Å². The van der Waals surface area contributed by atoms with Gasteiger partial charge in [0, 0.05) is 16.1 Å². The van der Waals surface area contributed by atoms with Crippen LogP contribution >= 0.6 is 23.2 Å². The molecule has 3 aromatic carbocycles. The lowest BCUT2D eigenvalue weighted by Gasteiger charge is -2.05. The molecule has 0 bridgehead atoms. The van der Waals surface area contributed by atoms with E-state index in [4.69, 9.17) is 23.2 Å². The zero-order valence-corrected chi connectivity index (χ0v) is 11.9. The number of ketones is 1. The SMILES string of the molecule is O=C(c1ccc2ccccc2c1)c1ccc(Cl)cc1Cl. The Labute approximate surface area is 126 Å². The van der Waals surface area contributed by atoms with E-state index in [1.807, 2.05) is 42.5 Å². The number of halogens is 2. The Hall–Kier alpha value is -1.83. The lowest BCUT2D eigenvalue weighted by atomic mass is 10.00. The lowest BCUT2D eigenvalue weighted by molar-refractivity contribution is 0.103. The largest absolute Gasteiger partial charge is 0.289 e. The summed E-state index contributed by atoms with van der Waals surface area (Å²) in [6, 6.07) is 18.5. The summed E-state index contributed by atoms with van der Waals surface area (Å²) in [5.41, 5.74) is 1.08. The number of carbonyl (C=O) groups excluding carboxylic acids is 1. The van der Waals surface area contributed by atoms with Crippen molar-refractivity contribution in [3.63, 3.8) is 0 Å². The van der Waals surface area contributed by atoms with E-state index < -0.39 is 0 Å². The van der Waals surface area contributed by atoms with E-state index in [-0.39, 0.29) is 5.78 Å². The quantitative estimate of drug-likeness (QED) is 0.581. The zero-order valence-electron chi connectivity index (χ0n) is 10.4. The third kappa shape index (κ3) is 2.43. The second-order valence-electron chi connectivity index (χ2n) is 4.52. The highest BCUT2D eigenvalue weighted by atomic mass is 35.5. The Morgan fingerprint density at radius 3 is 2.30 bits per heavy atom. The average molecular weight is 301 g/mol. The molecule has 3 heteroatoms. The molecule has 0 N–H and O–H groups in total. The molecule has 0 aliphatic rings. The van der Waals surface area contributed by atoms with Crippen LogP contribution in [0.5, 0.6) is 0 Å². The molecule has 0 amide bonds. The van der Waals surface area contributed by atoms with Crippen LogP contribution in [-0.4, -0.2) is 5.78 Å². The maximum absolute atomic E-state index is 12.5. The molecule has 20 heavy (non-hydrogen) atoms. The van der Waals surface area contributed by atoms with Gasteiger partial charge in [-0.05, 0) is 35.0 Å². The van der Waals surface area contributed by atoms with Gasteiger partial charge in [0.2, 0.25) is 0 Å². The number of fused-ring (bicyclic) bond motifs is 1. The van der Waals surface area contributed by atoms with Crippen molar-refractivity contribution in [2.24, 2.45) is 0 Å². The predicted octanol–water partition coefficient (Wildman–Crippen LogP) is 5.38. The van der Waals surface area contributed by atoms with E-state index in [2.05, 4.69) is 0 Å². The van der Waals surface area contributed by atoms with Crippen LogP contribution in [0.1, 0.15) is 15.9 Å². The molecule has 3 rings (SSSR count). The number of hydrogen-bond donors (Lipinski definition) is 0. The molecule has 0 unspecified atom stereocenters. The van der Waals surface area contributed by atoms with Crippen molar-refractivity contribution in [3.8, 4) is 0 Å². The van der Waals surface area contributed by atoms with Gasteiger partial charge in [0.25, 0.3) is 0 Å². The Kier molecular flexibility index (Phi) is 3.47. The lowest BCUT2D eigenvalue weighted by Crippen LogP contribution is -2.02. The minimum atomic E-state index is -0.0996. The fourth-order valence-corrected chi connectivity index (χ4v) is 2.65. The van der Waals surface area contributed by atoms with Crippen LogP contribution in [0.25, 0.3) is 10.8 Å². The molecule has 0 spiro atoms. The van der Waals surface area contributed by atoms with E-state index in [0.29, 0.717) is 21.2 Å². The van der Waals surface area contributed by atoms with Crippen molar-refractivity contribution in [1.82, 2.24) is 0 Å². The molecular formula is C17H10Cl2O. The first-order chi connectivity index (χ1) is 9.65. The molecule has 3 aromatic rings. The van der Waals surface area contributed by atoms with Gasteiger partial charge in [-0.3, -0.25) is 4.79 Å². The number of benzene rings is 3. The van der Waals surface area contributed by atoms with Crippen LogP contribution in [0, 0.1) is 0 Å². The van der Waals surface area contributed by atoms with Gasteiger partial charge in [0.1, 0.15) is 0 Å². The predicted molar refractivity (Wildman–Crippen MR) is 83.8 cm³/mol. The molecule has 0 heterocycles. The van der Waals surface area contributed by atoms with Gasteiger partial charge in [0.05, 0.1) is 5.02 Å². The van der Waals surface area contributed by atoms with E-state index in [0.717, 1.165) is 10.8 Å². The monoisotopic (exact) mass is 300 g/mol. The first-order valence-electron chi connectivity index (χ1n) is 6.14. The van der Waals surface area contributed by atoms with Gasteiger partial charge in [-0.15, -0.1) is 0 Å². The summed E-state index contributed by atoms with van der Waals surface area (Å²) in [7, 11) is 0. The highest BCUT2D eigenvalue weighted by molar-refractivity contribution is 6.37. The molecule has 0 aliphatic carbocycles. The molecule has 0 saturated carbocycles. The number of hydrogen-bond acceptors (Lipinski definition) is 1. The second kappa shape index (κ2) is 5.28. The van der Waals surface area contributed by atoms with Crippen LogP contribution in [-0.2, 0) is 0 Å². The molecule has 0 atom stereocenters. The van der Waals surface area contributed by atoms with Gasteiger partial charge < -0.3 is 0 Å². The molecule has 1 nitrogen and oxygen atoms in total. The first kappa shape index (κ1) is 13.2. The minimum Gasteiger partial charge on any atom is -0.289 e. The summed E-state index contributed by atoms with van der Waals surface area (Å²) in [6.45, 7) is 0. The third-order valence-corrected chi connectivity index (χ3v) is 3.74. The Balaban J connectivity index is 2.08. The topological polar surface area (TPSA) is 17.1 Å². The van der Waals surface area contributed by atoms with E-state index in [1.54, 1.807) is 18.2 Å². The fraction of sp³-hybridized carbons (Fsp3) is 0. The van der Waals surface area contributed by atoms with Crippen LogP contribution in [0.2, 0.25) is 10.0 Å². The highest BCUT2D eigenvalue weighted by Gasteiger charge is 2.13. The third-order valence-electron chi connectivity index (χ3n) is 3.19. The molecule has 0 fully saturated rings. The minimum absolute atomic E-state index is 0.0996. The normalized spacial score (nSPS) is 10.7. The van der Waals surface area contributed by atoms with Crippen molar-refractivity contribution in [2.45, 2.75) is 0 Å². The van der Waals surface area contributed by atoms with Crippen molar-refractivity contribution in [1.29, 1.82) is 0 Å². The smallest absolute Gasteiger partial charge is 0.194 e. The van der Waals surface area contributed by atoms with Crippen molar-refractivity contribution in [3.05, 3.63) is 81.8 Å². The maximum Gasteiger partial charge on any atom is 0.194 e. The van der Waals surface area contributed by atoms with Crippen molar-refractivity contribution in [2.75, 3.05) is 0 Å². The molecular weight excluding hydrogens is 291 g/mol. The molecule has 0 saturated heterocycles. The zero-order chi connectivity index (χ0) is 14.1. The van der Waals surface area contributed by atoms with Crippen LogP contribution in [0.3, 0.4) is 0 Å². The van der Waals surface area contributed by atoms with Gasteiger partial charge in [-0.2, -0.15) is 0 Å². The Morgan fingerprint density at radius 1 is 0.800 bits per heavy atom. The molecule has 0 aromatic heterocycles. The molecule has 98 valence electrons. The average Bonchev–Trinajstić information content (AvgIpc) is 2.46. The summed E-state index contributed by atoms with van der Waals surface area (Å²) in [4.78, 5) is 12.5. The molecule has 0 aliphatic heterocycles. The van der Waals surface area contributed by atoms with E-state index in [9.17, 15) is 4.79 Å². The standard InChI is InChI=1S/C17H10Cl2O/c18-14-7-8-15(16(19)10-14)17(20)13-6-5-11-3-1-2-4-12(11)9-13/h1-10H. The van der Waals surface area contributed by atoms with Gasteiger partial charge in [0.15, 0.2) is 5.78 Å². The maximum atomic E-state index is 12.5. The van der Waals surface area contributed by atoms with Crippen LogP contribution in [0.4, 0.5) is 0 Å². The Morgan fingerprint density at radius 2 is 1.55 bits per heavy atom. The first-order valence-corrected chi connectivity index (χ1v) is 6.89. The number of rotatable bonds is 2. The van der Waals surface area contributed by atoms with Crippen LogP contribution < -0.4 is 0 Å². The second-order valence-corrected chi connectivity index (χ2v) is 5.36. The van der Waals surface area contributed by atoms with Crippen LogP contribution in [0.15, 0.2) is 60.7 Å². The van der Waals surface area contributed by atoms with E-state index >= 15 is 0 Å². The highest BCUT2D eigenvalue weighted by Crippen LogP contribution is 2.25. The summed E-state index contributed by atoms with van der Waals surface area (Å²) in [5, 5.41) is 3.02. The number of carbonyl (C=O) groups is 1. The summed E-state index contributed by atoms with van der Waals surface area (Å²) in [6.07, 6.45) is 0.